The molecule has 48 heavy (non-hydrogen) atoms. The first kappa shape index (κ1) is 32.7. The number of hydrogen-bond acceptors (Lipinski definition) is 9. The van der Waals surface area contributed by atoms with Crippen LogP contribution < -0.4 is 19.8 Å². The van der Waals surface area contributed by atoms with Gasteiger partial charge in [0.1, 0.15) is 35.1 Å². The Morgan fingerprint density at radius 1 is 0.979 bits per heavy atom. The van der Waals surface area contributed by atoms with Gasteiger partial charge in [-0.05, 0) is 54.7 Å². The highest BCUT2D eigenvalue weighted by Crippen LogP contribution is 2.56. The Balaban J connectivity index is 1.29. The van der Waals surface area contributed by atoms with Crippen molar-refractivity contribution in [1.29, 1.82) is 0 Å². The summed E-state index contributed by atoms with van der Waals surface area (Å²) < 4.78 is 27.9. The Hall–Kier alpha value is -3.79. The lowest BCUT2D eigenvalue weighted by Gasteiger charge is -2.43. The Labute approximate surface area is 284 Å². The molecule has 9 nitrogen and oxygen atoms in total. The van der Waals surface area contributed by atoms with Crippen molar-refractivity contribution >= 4 is 52.1 Å². The van der Waals surface area contributed by atoms with Crippen LogP contribution in [0.3, 0.4) is 0 Å². The van der Waals surface area contributed by atoms with Crippen LogP contribution in [0.15, 0.2) is 60.7 Å². The molecule has 0 atom stereocenters. The topological polar surface area (TPSA) is 94.4 Å². The highest BCUT2D eigenvalue weighted by Gasteiger charge is 2.47. The summed E-state index contributed by atoms with van der Waals surface area (Å²) >= 11 is 6.92. The minimum Gasteiger partial charge on any atom is -0.508 e. The van der Waals surface area contributed by atoms with Gasteiger partial charge in [-0.15, -0.1) is 0 Å². The summed E-state index contributed by atoms with van der Waals surface area (Å²) in [6, 6.07) is 18.5. The van der Waals surface area contributed by atoms with Crippen molar-refractivity contribution in [2.45, 2.75) is 12.6 Å². The number of anilines is 1. The standard InChI is InChI=1S/C36H38ClFN5O4P/c1-41(2)24-20-43(21-24)36-39-34-29(18-30(37)32(33(34)38)28-16-25(44)15-22-7-5-6-8-27(22)28)35(40-36)48(45)13-11-42(12-14-48)19-23-9-10-26(46-3)17-31(23)47-4/h5-10,15-18,24,45H,11-14,19-21H2,1-4H3/p+1. The van der Waals surface area contributed by atoms with Gasteiger partial charge in [0, 0.05) is 56.0 Å². The molecule has 2 fully saturated rings. The summed E-state index contributed by atoms with van der Waals surface area (Å²) in [5.41, 5.74) is 2.28. The van der Waals surface area contributed by atoms with Crippen LogP contribution in [0.1, 0.15) is 5.56 Å². The maximum Gasteiger partial charge on any atom is 0.229 e. The van der Waals surface area contributed by atoms with E-state index in [9.17, 15) is 10.00 Å². The molecule has 250 valence electrons. The molecule has 0 spiro atoms. The number of phenols is 1. The van der Waals surface area contributed by atoms with E-state index in [2.05, 4.69) is 9.80 Å². The van der Waals surface area contributed by atoms with Gasteiger partial charge in [-0.2, -0.15) is 4.98 Å². The largest absolute Gasteiger partial charge is 0.508 e. The van der Waals surface area contributed by atoms with Gasteiger partial charge in [0.25, 0.3) is 0 Å². The summed E-state index contributed by atoms with van der Waals surface area (Å²) in [6.45, 7) is 3.33. The molecular formula is C36H39ClFN5O4P+. The first-order valence-corrected chi connectivity index (χ1v) is 18.4. The molecule has 3 heterocycles. The van der Waals surface area contributed by atoms with E-state index in [1.54, 1.807) is 26.4 Å². The number of phenolic OH excluding ortho intramolecular Hbond substituents is 1. The molecular weight excluding hydrogens is 652 g/mol. The second-order valence-electron chi connectivity index (χ2n) is 12.9. The van der Waals surface area contributed by atoms with Crippen LogP contribution in [0.25, 0.3) is 32.8 Å². The van der Waals surface area contributed by atoms with Crippen molar-refractivity contribution in [2.24, 2.45) is 0 Å². The smallest absolute Gasteiger partial charge is 0.229 e. The lowest BCUT2D eigenvalue weighted by molar-refractivity contribution is 0.245. The van der Waals surface area contributed by atoms with Crippen LogP contribution in [0.4, 0.5) is 10.3 Å². The van der Waals surface area contributed by atoms with Gasteiger partial charge >= 0.3 is 0 Å². The highest BCUT2D eigenvalue weighted by molar-refractivity contribution is 7.78. The number of halogens is 2. The molecule has 2 saturated heterocycles. The number of fused-ring (bicyclic) bond motifs is 2. The number of likely N-dealkylation sites (N-methyl/N-ethyl adjacent to an activating group) is 1. The van der Waals surface area contributed by atoms with Gasteiger partial charge in [0.2, 0.25) is 11.4 Å². The number of benzene rings is 4. The van der Waals surface area contributed by atoms with Gasteiger partial charge in [-0.3, -0.25) is 4.90 Å². The van der Waals surface area contributed by atoms with Gasteiger partial charge in [-0.25, -0.2) is 14.3 Å². The second kappa shape index (κ2) is 12.9. The fraction of sp³-hybridized carbons (Fsp3) is 0.333. The van der Waals surface area contributed by atoms with Crippen LogP contribution in [0.2, 0.25) is 5.02 Å². The highest BCUT2D eigenvalue weighted by atomic mass is 35.5. The molecule has 0 unspecified atom stereocenters. The summed E-state index contributed by atoms with van der Waals surface area (Å²) in [7, 11) is 4.50. The third kappa shape index (κ3) is 5.90. The maximum atomic E-state index is 17.0. The van der Waals surface area contributed by atoms with Gasteiger partial charge in [0.15, 0.2) is 13.3 Å². The number of rotatable bonds is 8. The first-order chi connectivity index (χ1) is 23.1. The fourth-order valence-electron chi connectivity index (χ4n) is 6.75. The van der Waals surface area contributed by atoms with Crippen LogP contribution in [-0.4, -0.2) is 103 Å². The zero-order chi connectivity index (χ0) is 33.7. The summed E-state index contributed by atoms with van der Waals surface area (Å²) in [5, 5.41) is 12.7. The van der Waals surface area contributed by atoms with Crippen molar-refractivity contribution in [3.63, 3.8) is 0 Å². The molecule has 0 radical (unpaired) electrons. The zero-order valence-corrected chi connectivity index (χ0v) is 29.1. The molecule has 5 aromatic rings. The van der Waals surface area contributed by atoms with Crippen molar-refractivity contribution in [1.82, 2.24) is 19.8 Å². The molecule has 0 saturated carbocycles. The van der Waals surface area contributed by atoms with Gasteiger partial charge in [0.05, 0.1) is 24.6 Å². The molecule has 4 aromatic carbocycles. The van der Waals surface area contributed by atoms with E-state index in [1.807, 2.05) is 61.5 Å². The molecule has 0 aliphatic carbocycles. The normalized spacial score (nSPS) is 16.9. The number of nitrogens with zero attached hydrogens (tertiary/aromatic N) is 5. The van der Waals surface area contributed by atoms with Gasteiger partial charge in [-0.1, -0.05) is 41.9 Å². The van der Waals surface area contributed by atoms with E-state index < -0.39 is 13.3 Å². The van der Waals surface area contributed by atoms with Crippen molar-refractivity contribution in [3.8, 4) is 28.4 Å². The summed E-state index contributed by atoms with van der Waals surface area (Å²) in [5.74, 6) is 1.30. The van der Waals surface area contributed by atoms with Crippen LogP contribution in [0.5, 0.6) is 17.2 Å². The van der Waals surface area contributed by atoms with Crippen molar-refractivity contribution in [2.75, 3.05) is 71.7 Å². The predicted octanol–water partition coefficient (Wildman–Crippen LogP) is 5.78. The minimum absolute atomic E-state index is 0.0119. The fourth-order valence-corrected chi connectivity index (χ4v) is 9.81. The third-order valence-corrected chi connectivity index (χ3v) is 13.0. The first-order valence-electron chi connectivity index (χ1n) is 16.0. The van der Waals surface area contributed by atoms with E-state index in [0.29, 0.717) is 73.4 Å². The molecule has 2 aliphatic heterocycles. The third-order valence-electron chi connectivity index (χ3n) is 9.70. The summed E-state index contributed by atoms with van der Waals surface area (Å²) in [6.07, 6.45) is 0.991. The Bertz CT molecular complexity index is 2020. The minimum atomic E-state index is -2.84. The zero-order valence-electron chi connectivity index (χ0n) is 27.5. The number of hydrogen-bond donors (Lipinski definition) is 2. The molecule has 12 heteroatoms. The van der Waals surface area contributed by atoms with Crippen LogP contribution in [-0.2, 0) is 6.54 Å². The molecule has 0 bridgehead atoms. The van der Waals surface area contributed by atoms with Crippen LogP contribution >= 0.6 is 19.1 Å². The van der Waals surface area contributed by atoms with E-state index >= 15 is 4.39 Å². The monoisotopic (exact) mass is 690 g/mol. The van der Waals surface area contributed by atoms with E-state index in [1.165, 1.54) is 6.07 Å². The van der Waals surface area contributed by atoms with E-state index in [-0.39, 0.29) is 21.9 Å². The Morgan fingerprint density at radius 3 is 2.44 bits per heavy atom. The molecule has 2 aliphatic rings. The quantitative estimate of drug-likeness (QED) is 0.197. The van der Waals surface area contributed by atoms with Gasteiger partial charge < -0.3 is 24.4 Å². The number of methoxy groups -OCH3 is 2. The summed E-state index contributed by atoms with van der Waals surface area (Å²) in [4.78, 5) is 28.7. The molecule has 1 aromatic heterocycles. The van der Waals surface area contributed by atoms with Crippen molar-refractivity contribution in [3.05, 3.63) is 77.1 Å². The van der Waals surface area contributed by atoms with Crippen LogP contribution in [0, 0.1) is 5.82 Å². The molecule has 2 N–H and O–H groups in total. The average molecular weight is 691 g/mol. The second-order valence-corrected chi connectivity index (χ2v) is 16.4. The maximum absolute atomic E-state index is 17.0. The van der Waals surface area contributed by atoms with E-state index in [4.69, 9.17) is 31.0 Å². The lowest BCUT2D eigenvalue weighted by atomic mass is 9.96. The van der Waals surface area contributed by atoms with Crippen molar-refractivity contribution < 1.29 is 23.9 Å². The SMILES string of the molecule is COc1ccc(CN2CC[P+](O)(c3nc(N4CC(N(C)C)C4)nc4c(F)c(-c5cc(O)cc6ccccc56)c(Cl)cc34)CC2)c(OC)c1. The average Bonchev–Trinajstić information content (AvgIpc) is 3.05. The molecule has 0 amide bonds. The number of ether oxygens (including phenoxy) is 2. The Morgan fingerprint density at radius 2 is 1.73 bits per heavy atom. The number of aromatic nitrogens is 2. The predicted molar refractivity (Wildman–Crippen MR) is 192 cm³/mol. The lowest BCUT2D eigenvalue weighted by Crippen LogP contribution is -2.58. The Kier molecular flexibility index (Phi) is 8.81. The van der Waals surface area contributed by atoms with E-state index in [0.717, 1.165) is 27.8 Å². The number of aromatic hydroxyl groups is 1. The molecule has 7 rings (SSSR count).